The molecule has 1 aliphatic rings. The van der Waals surface area contributed by atoms with Gasteiger partial charge >= 0.3 is 0 Å². The molecular weight excluding hydrogens is 426 g/mol. The highest BCUT2D eigenvalue weighted by molar-refractivity contribution is 6.14. The van der Waals surface area contributed by atoms with Crippen molar-refractivity contribution in [2.75, 3.05) is 0 Å². The standard InChI is InChI=1S/C33H34NO/c1-7-33(8-2)26-12-10-9-11-25(26)30-27(33)16-15-24-23-14-13-21(5)29(31(23)35-32(24)30)28-19-22(20(3)4)17-18-34(28)6/h9-20H,7-8H2,1-6H3/q+1. The van der Waals surface area contributed by atoms with Gasteiger partial charge in [0.15, 0.2) is 6.20 Å². The molecule has 35 heavy (non-hydrogen) atoms. The Morgan fingerprint density at radius 3 is 2.23 bits per heavy atom. The molecule has 6 rings (SSSR count). The average molecular weight is 461 g/mol. The number of hydrogen-bond acceptors (Lipinski definition) is 1. The van der Waals surface area contributed by atoms with Gasteiger partial charge in [0.05, 0.1) is 5.56 Å². The van der Waals surface area contributed by atoms with Crippen molar-refractivity contribution in [2.45, 2.75) is 58.8 Å². The lowest BCUT2D eigenvalue weighted by molar-refractivity contribution is -0.660. The first kappa shape index (κ1) is 22.1. The van der Waals surface area contributed by atoms with Gasteiger partial charge in [0.25, 0.3) is 0 Å². The van der Waals surface area contributed by atoms with Crippen molar-refractivity contribution >= 4 is 21.9 Å². The van der Waals surface area contributed by atoms with Gasteiger partial charge in [-0.25, -0.2) is 4.57 Å². The van der Waals surface area contributed by atoms with Gasteiger partial charge in [0.2, 0.25) is 5.69 Å². The van der Waals surface area contributed by atoms with Crippen molar-refractivity contribution in [1.29, 1.82) is 0 Å². The van der Waals surface area contributed by atoms with Crippen LogP contribution in [0.1, 0.15) is 68.7 Å². The van der Waals surface area contributed by atoms with E-state index in [2.05, 4.69) is 113 Å². The van der Waals surface area contributed by atoms with Crippen LogP contribution in [0.2, 0.25) is 0 Å². The van der Waals surface area contributed by atoms with Crippen molar-refractivity contribution in [3.05, 3.63) is 89.1 Å². The fourth-order valence-electron chi connectivity index (χ4n) is 6.46. The normalized spacial score (nSPS) is 14.1. The van der Waals surface area contributed by atoms with Crippen LogP contribution in [0, 0.1) is 6.92 Å². The van der Waals surface area contributed by atoms with E-state index in [9.17, 15) is 0 Å². The van der Waals surface area contributed by atoms with Crippen molar-refractivity contribution in [1.82, 2.24) is 0 Å². The number of nitrogens with zero attached hydrogens (tertiary/aromatic N) is 1. The van der Waals surface area contributed by atoms with Gasteiger partial charge in [-0.2, -0.15) is 0 Å². The van der Waals surface area contributed by atoms with Crippen LogP contribution in [0.4, 0.5) is 0 Å². The van der Waals surface area contributed by atoms with Gasteiger partial charge in [-0.05, 0) is 53.5 Å². The predicted octanol–water partition coefficient (Wildman–Crippen LogP) is 8.60. The first-order chi connectivity index (χ1) is 16.9. The van der Waals surface area contributed by atoms with Crippen LogP contribution in [0.25, 0.3) is 44.3 Å². The van der Waals surface area contributed by atoms with Gasteiger partial charge in [-0.15, -0.1) is 0 Å². The summed E-state index contributed by atoms with van der Waals surface area (Å²) in [7, 11) is 2.13. The number of aryl methyl sites for hydroxylation is 2. The molecule has 0 fully saturated rings. The molecule has 2 nitrogen and oxygen atoms in total. The highest BCUT2D eigenvalue weighted by atomic mass is 16.3. The molecule has 5 aromatic rings. The summed E-state index contributed by atoms with van der Waals surface area (Å²) < 4.78 is 9.16. The zero-order valence-electron chi connectivity index (χ0n) is 21.7. The molecule has 0 saturated heterocycles. The average Bonchev–Trinajstić information content (AvgIpc) is 3.38. The zero-order chi connectivity index (χ0) is 24.5. The Bertz CT molecular complexity index is 1610. The van der Waals surface area contributed by atoms with E-state index in [1.807, 2.05) is 0 Å². The zero-order valence-corrected chi connectivity index (χ0v) is 21.7. The highest BCUT2D eigenvalue weighted by Gasteiger charge is 2.42. The second kappa shape index (κ2) is 7.81. The topological polar surface area (TPSA) is 17.0 Å². The van der Waals surface area contributed by atoms with Crippen molar-refractivity contribution in [3.8, 4) is 22.4 Å². The van der Waals surface area contributed by atoms with Crippen molar-refractivity contribution in [2.24, 2.45) is 7.05 Å². The van der Waals surface area contributed by atoms with E-state index in [0.717, 1.165) is 24.0 Å². The molecule has 1 aliphatic carbocycles. The summed E-state index contributed by atoms with van der Waals surface area (Å²) in [5.41, 5.74) is 12.5. The first-order valence-electron chi connectivity index (χ1n) is 13.0. The molecule has 0 spiro atoms. The molecule has 2 heteroatoms. The first-order valence-corrected chi connectivity index (χ1v) is 13.0. The summed E-state index contributed by atoms with van der Waals surface area (Å²) in [5, 5.41) is 2.40. The second-order valence-corrected chi connectivity index (χ2v) is 10.5. The maximum atomic E-state index is 6.94. The number of aromatic nitrogens is 1. The number of furan rings is 1. The molecule has 0 unspecified atom stereocenters. The summed E-state index contributed by atoms with van der Waals surface area (Å²) in [4.78, 5) is 0. The summed E-state index contributed by atoms with van der Waals surface area (Å²) >= 11 is 0. The Morgan fingerprint density at radius 1 is 0.829 bits per heavy atom. The highest BCUT2D eigenvalue weighted by Crippen LogP contribution is 2.55. The molecule has 0 aliphatic heterocycles. The van der Waals surface area contributed by atoms with E-state index >= 15 is 0 Å². The molecule has 176 valence electrons. The molecule has 0 saturated carbocycles. The molecule has 3 aromatic carbocycles. The molecule has 0 amide bonds. The van der Waals surface area contributed by atoms with E-state index in [1.54, 1.807) is 0 Å². The lowest BCUT2D eigenvalue weighted by Crippen LogP contribution is -2.31. The molecule has 0 radical (unpaired) electrons. The van der Waals surface area contributed by atoms with Gasteiger partial charge < -0.3 is 4.42 Å². The van der Waals surface area contributed by atoms with Crippen molar-refractivity contribution < 1.29 is 8.98 Å². The van der Waals surface area contributed by atoms with Crippen LogP contribution in [0.15, 0.2) is 71.3 Å². The van der Waals surface area contributed by atoms with Crippen LogP contribution >= 0.6 is 0 Å². The van der Waals surface area contributed by atoms with Crippen LogP contribution in [0.3, 0.4) is 0 Å². The van der Waals surface area contributed by atoms with Gasteiger partial charge in [0.1, 0.15) is 18.2 Å². The van der Waals surface area contributed by atoms with Gasteiger partial charge in [-0.3, -0.25) is 0 Å². The summed E-state index contributed by atoms with van der Waals surface area (Å²) in [6, 6.07) is 22.7. The Hall–Kier alpha value is -3.39. The lowest BCUT2D eigenvalue weighted by atomic mass is 9.74. The summed E-state index contributed by atoms with van der Waals surface area (Å²) in [5.74, 6) is 0.473. The maximum Gasteiger partial charge on any atom is 0.216 e. The third-order valence-electron chi connectivity index (χ3n) is 8.55. The fraction of sp³-hybridized carbons (Fsp3) is 0.303. The van der Waals surface area contributed by atoms with E-state index in [0.29, 0.717) is 5.92 Å². The number of hydrogen-bond donors (Lipinski definition) is 0. The fourth-order valence-corrected chi connectivity index (χ4v) is 6.46. The number of pyridine rings is 1. The molecule has 2 heterocycles. The molecule has 0 N–H and O–H groups in total. The summed E-state index contributed by atoms with van der Waals surface area (Å²) in [6.45, 7) is 11.3. The smallest absolute Gasteiger partial charge is 0.216 e. The number of rotatable bonds is 4. The molecular formula is C33H34NO+. The van der Waals surface area contributed by atoms with Gasteiger partial charge in [-0.1, -0.05) is 76.2 Å². The third-order valence-corrected chi connectivity index (χ3v) is 8.55. The Morgan fingerprint density at radius 2 is 1.51 bits per heavy atom. The molecule has 0 atom stereocenters. The lowest BCUT2D eigenvalue weighted by Gasteiger charge is -2.29. The minimum atomic E-state index is 0.0515. The quantitative estimate of drug-likeness (QED) is 0.245. The Balaban J connectivity index is 1.72. The minimum Gasteiger partial charge on any atom is -0.454 e. The SMILES string of the molecule is CCC1(CC)c2ccccc2-c2c1ccc1c2oc2c(-c3cc(C(C)C)cc[n+]3C)c(C)ccc21. The third kappa shape index (κ3) is 2.92. The Labute approximate surface area is 208 Å². The largest absolute Gasteiger partial charge is 0.454 e. The minimum absolute atomic E-state index is 0.0515. The summed E-state index contributed by atoms with van der Waals surface area (Å²) in [6.07, 6.45) is 4.35. The number of benzene rings is 3. The van der Waals surface area contributed by atoms with E-state index in [1.165, 1.54) is 55.4 Å². The van der Waals surface area contributed by atoms with Crippen LogP contribution in [-0.2, 0) is 12.5 Å². The Kier molecular flexibility index (Phi) is 4.93. The maximum absolute atomic E-state index is 6.94. The predicted molar refractivity (Wildman–Crippen MR) is 146 cm³/mol. The van der Waals surface area contributed by atoms with Crippen LogP contribution in [0.5, 0.6) is 0 Å². The van der Waals surface area contributed by atoms with E-state index < -0.39 is 0 Å². The van der Waals surface area contributed by atoms with Gasteiger partial charge in [0, 0.05) is 33.9 Å². The van der Waals surface area contributed by atoms with E-state index in [4.69, 9.17) is 4.42 Å². The van der Waals surface area contributed by atoms with E-state index in [-0.39, 0.29) is 5.41 Å². The monoisotopic (exact) mass is 460 g/mol. The van der Waals surface area contributed by atoms with Crippen molar-refractivity contribution in [3.63, 3.8) is 0 Å². The van der Waals surface area contributed by atoms with Crippen LogP contribution < -0.4 is 4.57 Å². The second-order valence-electron chi connectivity index (χ2n) is 10.5. The van der Waals surface area contributed by atoms with Crippen LogP contribution in [-0.4, -0.2) is 0 Å². The number of fused-ring (bicyclic) bond motifs is 7. The molecule has 0 bridgehead atoms. The molecule has 2 aromatic heterocycles.